The Morgan fingerprint density at radius 2 is 2.00 bits per heavy atom. The molecule has 0 spiro atoms. The Kier molecular flexibility index (Phi) is 4.47. The average Bonchev–Trinajstić information content (AvgIpc) is 2.41. The first kappa shape index (κ1) is 14.6. The lowest BCUT2D eigenvalue weighted by atomic mass is 10.1. The Morgan fingerprint density at radius 3 is 2.70 bits per heavy atom. The fourth-order valence-electron chi connectivity index (χ4n) is 1.68. The molecular formula is C14H10Cl2FNO2. The molecular weight excluding hydrogens is 304 g/mol. The van der Waals surface area contributed by atoms with Crippen LogP contribution in [0.3, 0.4) is 0 Å². The minimum atomic E-state index is -1.31. The van der Waals surface area contributed by atoms with Crippen molar-refractivity contribution in [1.82, 2.24) is 0 Å². The van der Waals surface area contributed by atoms with E-state index in [1.165, 1.54) is 12.1 Å². The summed E-state index contributed by atoms with van der Waals surface area (Å²) < 4.78 is 13.3. The van der Waals surface area contributed by atoms with Crippen LogP contribution in [-0.4, -0.2) is 11.1 Å². The molecule has 0 amide bonds. The lowest BCUT2D eigenvalue weighted by Crippen LogP contribution is -2.04. The highest BCUT2D eigenvalue weighted by atomic mass is 35.5. The first-order valence-corrected chi connectivity index (χ1v) is 6.44. The molecule has 0 unspecified atom stereocenters. The normalized spacial score (nSPS) is 10.3. The average molecular weight is 314 g/mol. The van der Waals surface area contributed by atoms with Crippen molar-refractivity contribution in [3.05, 3.63) is 63.4 Å². The zero-order valence-corrected chi connectivity index (χ0v) is 11.7. The van der Waals surface area contributed by atoms with Crippen molar-refractivity contribution >= 4 is 34.9 Å². The van der Waals surface area contributed by atoms with Crippen LogP contribution >= 0.6 is 23.2 Å². The summed E-state index contributed by atoms with van der Waals surface area (Å²) in [4.78, 5) is 10.8. The summed E-state index contributed by atoms with van der Waals surface area (Å²) in [6.45, 7) is 0.351. The van der Waals surface area contributed by atoms with Crippen molar-refractivity contribution in [2.45, 2.75) is 6.54 Å². The standard InChI is InChI=1S/C14H10Cl2FNO2/c15-11-3-1-2-8(13(11)16)7-18-9-4-5-12(17)10(6-9)14(19)20/h1-6,18H,7H2,(H,19,20). The van der Waals surface area contributed by atoms with Gasteiger partial charge >= 0.3 is 5.97 Å². The maximum absolute atomic E-state index is 13.3. The maximum Gasteiger partial charge on any atom is 0.338 e. The third-order valence-electron chi connectivity index (χ3n) is 2.71. The van der Waals surface area contributed by atoms with Gasteiger partial charge < -0.3 is 10.4 Å². The Bertz CT molecular complexity index is 662. The summed E-state index contributed by atoms with van der Waals surface area (Å²) in [5, 5.41) is 12.7. The Labute approximate surface area is 124 Å². The van der Waals surface area contributed by atoms with Gasteiger partial charge in [0.25, 0.3) is 0 Å². The SMILES string of the molecule is O=C(O)c1cc(NCc2cccc(Cl)c2Cl)ccc1F. The van der Waals surface area contributed by atoms with Gasteiger partial charge in [0.2, 0.25) is 0 Å². The highest BCUT2D eigenvalue weighted by Gasteiger charge is 2.11. The molecule has 2 rings (SSSR count). The van der Waals surface area contributed by atoms with Gasteiger partial charge in [0.1, 0.15) is 5.82 Å². The number of anilines is 1. The van der Waals surface area contributed by atoms with Gasteiger partial charge in [-0.3, -0.25) is 0 Å². The van der Waals surface area contributed by atoms with Gasteiger partial charge in [0.15, 0.2) is 0 Å². The molecule has 2 N–H and O–H groups in total. The molecule has 0 aromatic heterocycles. The van der Waals surface area contributed by atoms with E-state index in [0.29, 0.717) is 22.3 Å². The molecule has 0 aliphatic carbocycles. The molecule has 2 aromatic rings. The molecule has 0 saturated heterocycles. The van der Waals surface area contributed by atoms with Crippen LogP contribution in [-0.2, 0) is 6.54 Å². The van der Waals surface area contributed by atoms with E-state index < -0.39 is 11.8 Å². The summed E-state index contributed by atoms with van der Waals surface area (Å²) in [6, 6.07) is 9.02. The first-order valence-electron chi connectivity index (χ1n) is 5.68. The van der Waals surface area contributed by atoms with Crippen LogP contribution < -0.4 is 5.32 Å². The van der Waals surface area contributed by atoms with E-state index in [9.17, 15) is 9.18 Å². The highest BCUT2D eigenvalue weighted by molar-refractivity contribution is 6.42. The van der Waals surface area contributed by atoms with Crippen LogP contribution in [0.4, 0.5) is 10.1 Å². The zero-order valence-electron chi connectivity index (χ0n) is 10.2. The van der Waals surface area contributed by atoms with Gasteiger partial charge in [-0.15, -0.1) is 0 Å². The molecule has 0 atom stereocenters. The van der Waals surface area contributed by atoms with Gasteiger partial charge in [0, 0.05) is 12.2 Å². The summed E-state index contributed by atoms with van der Waals surface area (Å²) in [6.07, 6.45) is 0. The van der Waals surface area contributed by atoms with Crippen molar-refractivity contribution in [3.8, 4) is 0 Å². The number of carboxylic acids is 1. The molecule has 6 heteroatoms. The first-order chi connectivity index (χ1) is 9.49. The molecule has 0 radical (unpaired) electrons. The predicted molar refractivity (Wildman–Crippen MR) is 77.1 cm³/mol. The number of rotatable bonds is 4. The molecule has 0 heterocycles. The van der Waals surface area contributed by atoms with Crippen molar-refractivity contribution in [3.63, 3.8) is 0 Å². The summed E-state index contributed by atoms with van der Waals surface area (Å²) in [7, 11) is 0. The van der Waals surface area contributed by atoms with E-state index in [1.807, 2.05) is 0 Å². The number of aromatic carboxylic acids is 1. The van der Waals surface area contributed by atoms with E-state index >= 15 is 0 Å². The molecule has 0 aliphatic heterocycles. The number of halogens is 3. The zero-order chi connectivity index (χ0) is 14.7. The Balaban J connectivity index is 2.17. The van der Waals surface area contributed by atoms with E-state index in [2.05, 4.69) is 5.32 Å². The maximum atomic E-state index is 13.3. The van der Waals surface area contributed by atoms with Crippen molar-refractivity contribution in [2.75, 3.05) is 5.32 Å². The summed E-state index contributed by atoms with van der Waals surface area (Å²) in [5.74, 6) is -2.09. The smallest absolute Gasteiger partial charge is 0.338 e. The van der Waals surface area contributed by atoms with Crippen LogP contribution in [0.5, 0.6) is 0 Å². The van der Waals surface area contributed by atoms with Crippen molar-refractivity contribution in [2.24, 2.45) is 0 Å². The summed E-state index contributed by atoms with van der Waals surface area (Å²) in [5.41, 5.74) is 0.868. The third-order valence-corrected chi connectivity index (χ3v) is 3.57. The molecule has 0 saturated carbocycles. The second kappa shape index (κ2) is 6.11. The Morgan fingerprint density at radius 1 is 1.25 bits per heavy atom. The fraction of sp³-hybridized carbons (Fsp3) is 0.0714. The number of carbonyl (C=O) groups is 1. The largest absolute Gasteiger partial charge is 0.478 e. The quantitative estimate of drug-likeness (QED) is 0.877. The third kappa shape index (κ3) is 3.21. The lowest BCUT2D eigenvalue weighted by molar-refractivity contribution is 0.0692. The van der Waals surface area contributed by atoms with Crippen LogP contribution in [0.25, 0.3) is 0 Å². The van der Waals surface area contributed by atoms with Crippen LogP contribution in [0.2, 0.25) is 10.0 Å². The second-order valence-corrected chi connectivity index (χ2v) is 4.85. The second-order valence-electron chi connectivity index (χ2n) is 4.07. The number of benzene rings is 2. The van der Waals surface area contributed by atoms with Gasteiger partial charge in [-0.2, -0.15) is 0 Å². The number of hydrogen-bond acceptors (Lipinski definition) is 2. The van der Waals surface area contributed by atoms with Crippen LogP contribution in [0.1, 0.15) is 15.9 Å². The molecule has 0 bridgehead atoms. The molecule has 20 heavy (non-hydrogen) atoms. The molecule has 0 fully saturated rings. The minimum absolute atomic E-state index is 0.351. The van der Waals surface area contributed by atoms with E-state index in [0.717, 1.165) is 11.6 Å². The number of nitrogens with one attached hydrogen (secondary N) is 1. The summed E-state index contributed by atoms with van der Waals surface area (Å²) >= 11 is 11.9. The van der Waals surface area contributed by atoms with Crippen molar-refractivity contribution in [1.29, 1.82) is 0 Å². The van der Waals surface area contributed by atoms with E-state index in [1.54, 1.807) is 18.2 Å². The highest BCUT2D eigenvalue weighted by Crippen LogP contribution is 2.26. The lowest BCUT2D eigenvalue weighted by Gasteiger charge is -2.10. The Hall–Kier alpha value is -1.78. The topological polar surface area (TPSA) is 49.3 Å². The van der Waals surface area contributed by atoms with Gasteiger partial charge in [0.05, 0.1) is 15.6 Å². The molecule has 0 aliphatic rings. The van der Waals surface area contributed by atoms with Gasteiger partial charge in [-0.05, 0) is 29.8 Å². The fourth-order valence-corrected chi connectivity index (χ4v) is 2.07. The van der Waals surface area contributed by atoms with Gasteiger partial charge in [-0.25, -0.2) is 9.18 Å². The molecule has 2 aromatic carbocycles. The van der Waals surface area contributed by atoms with Crippen molar-refractivity contribution < 1.29 is 14.3 Å². The molecule has 3 nitrogen and oxygen atoms in total. The number of hydrogen-bond donors (Lipinski definition) is 2. The van der Waals surface area contributed by atoms with E-state index in [-0.39, 0.29) is 5.56 Å². The van der Waals surface area contributed by atoms with Crippen LogP contribution in [0, 0.1) is 5.82 Å². The van der Waals surface area contributed by atoms with E-state index in [4.69, 9.17) is 28.3 Å². The van der Waals surface area contributed by atoms with Gasteiger partial charge in [-0.1, -0.05) is 35.3 Å². The number of carboxylic acid groups (broad SMARTS) is 1. The molecule has 104 valence electrons. The van der Waals surface area contributed by atoms with Crippen LogP contribution in [0.15, 0.2) is 36.4 Å². The predicted octanol–water partition coefficient (Wildman–Crippen LogP) is 4.44. The minimum Gasteiger partial charge on any atom is -0.478 e. The monoisotopic (exact) mass is 313 g/mol.